The highest BCUT2D eigenvalue weighted by atomic mass is 32.2. The van der Waals surface area contributed by atoms with Crippen LogP contribution in [0.1, 0.15) is 37.7 Å². The summed E-state index contributed by atoms with van der Waals surface area (Å²) in [5.41, 5.74) is 1.03. The maximum absolute atomic E-state index is 12.4. The van der Waals surface area contributed by atoms with Crippen LogP contribution in [0.2, 0.25) is 0 Å². The molecule has 1 saturated carbocycles. The van der Waals surface area contributed by atoms with Gasteiger partial charge in [-0.3, -0.25) is 4.79 Å². The molecule has 0 radical (unpaired) electrons. The molecule has 2 aromatic rings. The second kappa shape index (κ2) is 8.18. The molecular weight excluding hydrogens is 348 g/mol. The second-order valence-corrected chi connectivity index (χ2v) is 8.95. The Labute approximate surface area is 155 Å². The number of benzene rings is 2. The number of nitrogens with zero attached hydrogens (tertiary/aromatic N) is 1. The zero-order chi connectivity index (χ0) is 18.6. The van der Waals surface area contributed by atoms with Gasteiger partial charge in [0.15, 0.2) is 0 Å². The summed E-state index contributed by atoms with van der Waals surface area (Å²) >= 11 is 0. The van der Waals surface area contributed by atoms with E-state index >= 15 is 0 Å². The van der Waals surface area contributed by atoms with E-state index in [9.17, 15) is 13.2 Å². The standard InChI is InChI=1S/C20H26N2O3S/c1-26(24,25)22(18-11-3-2-4-12-18)15-20(23)21-14-17-10-7-9-16-8-5-6-13-19(16)17/h5-10,13,18H,2-4,11-12,14-15H2,1H3,(H,21,23). The van der Waals surface area contributed by atoms with E-state index in [1.54, 1.807) is 0 Å². The van der Waals surface area contributed by atoms with Crippen LogP contribution in [0.25, 0.3) is 10.8 Å². The summed E-state index contributed by atoms with van der Waals surface area (Å²) in [6, 6.07) is 14.0. The lowest BCUT2D eigenvalue weighted by atomic mass is 9.95. The molecule has 0 heterocycles. The topological polar surface area (TPSA) is 66.5 Å². The van der Waals surface area contributed by atoms with E-state index < -0.39 is 10.0 Å². The van der Waals surface area contributed by atoms with Gasteiger partial charge in [0.05, 0.1) is 12.8 Å². The van der Waals surface area contributed by atoms with Crippen molar-refractivity contribution in [1.82, 2.24) is 9.62 Å². The Balaban J connectivity index is 1.66. The van der Waals surface area contributed by atoms with Crippen molar-refractivity contribution >= 4 is 26.7 Å². The number of fused-ring (bicyclic) bond motifs is 1. The Morgan fingerprint density at radius 1 is 1.08 bits per heavy atom. The van der Waals surface area contributed by atoms with Crippen LogP contribution in [0.15, 0.2) is 42.5 Å². The van der Waals surface area contributed by atoms with Gasteiger partial charge in [-0.2, -0.15) is 4.31 Å². The third-order valence-corrected chi connectivity index (χ3v) is 6.34. The molecule has 140 valence electrons. The number of nitrogens with one attached hydrogen (secondary N) is 1. The summed E-state index contributed by atoms with van der Waals surface area (Å²) in [7, 11) is -3.40. The Morgan fingerprint density at radius 3 is 2.50 bits per heavy atom. The molecule has 3 rings (SSSR count). The fourth-order valence-electron chi connectivity index (χ4n) is 3.72. The van der Waals surface area contributed by atoms with Crippen LogP contribution in [0.5, 0.6) is 0 Å². The molecule has 1 aliphatic rings. The molecule has 0 aromatic heterocycles. The lowest BCUT2D eigenvalue weighted by molar-refractivity contribution is -0.121. The number of sulfonamides is 1. The molecule has 0 atom stereocenters. The van der Waals surface area contributed by atoms with Crippen molar-refractivity contribution in [2.75, 3.05) is 12.8 Å². The Kier molecular flexibility index (Phi) is 5.94. The monoisotopic (exact) mass is 374 g/mol. The van der Waals surface area contributed by atoms with Gasteiger partial charge in [-0.15, -0.1) is 0 Å². The Bertz CT molecular complexity index is 868. The van der Waals surface area contributed by atoms with Crippen molar-refractivity contribution in [3.63, 3.8) is 0 Å². The largest absolute Gasteiger partial charge is 0.351 e. The number of carbonyl (C=O) groups is 1. The van der Waals surface area contributed by atoms with Gasteiger partial charge in [0.2, 0.25) is 15.9 Å². The van der Waals surface area contributed by atoms with Gasteiger partial charge in [0.1, 0.15) is 0 Å². The molecule has 0 bridgehead atoms. The molecule has 26 heavy (non-hydrogen) atoms. The summed E-state index contributed by atoms with van der Waals surface area (Å²) in [5, 5.41) is 5.11. The molecule has 5 nitrogen and oxygen atoms in total. The maximum Gasteiger partial charge on any atom is 0.235 e. The SMILES string of the molecule is CS(=O)(=O)N(CC(=O)NCc1cccc2ccccc12)C1CCCCC1. The van der Waals surface area contributed by atoms with E-state index in [4.69, 9.17) is 0 Å². The van der Waals surface area contributed by atoms with Crippen LogP contribution in [0.4, 0.5) is 0 Å². The average molecular weight is 375 g/mol. The highest BCUT2D eigenvalue weighted by Gasteiger charge is 2.29. The zero-order valence-electron chi connectivity index (χ0n) is 15.1. The summed E-state index contributed by atoms with van der Waals surface area (Å²) in [6.45, 7) is 0.288. The zero-order valence-corrected chi connectivity index (χ0v) is 16.0. The molecule has 0 spiro atoms. The minimum atomic E-state index is -3.40. The van der Waals surface area contributed by atoms with Crippen molar-refractivity contribution < 1.29 is 13.2 Å². The molecule has 0 saturated heterocycles. The van der Waals surface area contributed by atoms with E-state index in [1.807, 2.05) is 42.5 Å². The fourth-order valence-corrected chi connectivity index (χ4v) is 4.83. The van der Waals surface area contributed by atoms with Crippen molar-refractivity contribution in [1.29, 1.82) is 0 Å². The van der Waals surface area contributed by atoms with E-state index in [0.717, 1.165) is 48.4 Å². The van der Waals surface area contributed by atoms with Crippen molar-refractivity contribution in [3.8, 4) is 0 Å². The molecule has 1 N–H and O–H groups in total. The van der Waals surface area contributed by atoms with Gasteiger partial charge >= 0.3 is 0 Å². The first-order valence-corrected chi connectivity index (χ1v) is 11.0. The molecule has 2 aromatic carbocycles. The summed E-state index contributed by atoms with van der Waals surface area (Å²) in [4.78, 5) is 12.4. The normalized spacial score (nSPS) is 16.1. The molecule has 1 aliphatic carbocycles. The molecular formula is C20H26N2O3S. The maximum atomic E-state index is 12.4. The van der Waals surface area contributed by atoms with Crippen LogP contribution < -0.4 is 5.32 Å². The average Bonchev–Trinajstić information content (AvgIpc) is 2.64. The fraction of sp³-hybridized carbons (Fsp3) is 0.450. The Morgan fingerprint density at radius 2 is 1.77 bits per heavy atom. The highest BCUT2D eigenvalue weighted by molar-refractivity contribution is 7.88. The summed E-state index contributed by atoms with van der Waals surface area (Å²) in [6.07, 6.45) is 6.05. The van der Waals surface area contributed by atoms with Crippen LogP contribution in [-0.4, -0.2) is 37.5 Å². The molecule has 1 amide bonds. The minimum Gasteiger partial charge on any atom is -0.351 e. The molecule has 0 unspecified atom stereocenters. The van der Waals surface area contributed by atoms with Crippen LogP contribution >= 0.6 is 0 Å². The van der Waals surface area contributed by atoms with Gasteiger partial charge in [0, 0.05) is 12.6 Å². The quantitative estimate of drug-likeness (QED) is 0.845. The first-order chi connectivity index (χ1) is 12.4. The van der Waals surface area contributed by atoms with Crippen molar-refractivity contribution in [3.05, 3.63) is 48.0 Å². The third-order valence-electron chi connectivity index (χ3n) is 5.06. The van der Waals surface area contributed by atoms with Crippen LogP contribution in [-0.2, 0) is 21.4 Å². The first-order valence-electron chi connectivity index (χ1n) is 9.15. The number of hydrogen-bond donors (Lipinski definition) is 1. The van der Waals surface area contributed by atoms with Gasteiger partial charge in [-0.25, -0.2) is 8.42 Å². The lowest BCUT2D eigenvalue weighted by Gasteiger charge is -2.31. The number of hydrogen-bond acceptors (Lipinski definition) is 3. The van der Waals surface area contributed by atoms with E-state index in [1.165, 1.54) is 10.6 Å². The number of amides is 1. The number of carbonyl (C=O) groups excluding carboxylic acids is 1. The van der Waals surface area contributed by atoms with Crippen LogP contribution in [0, 0.1) is 0 Å². The van der Waals surface area contributed by atoms with Gasteiger partial charge < -0.3 is 5.32 Å². The van der Waals surface area contributed by atoms with Crippen molar-refractivity contribution in [2.45, 2.75) is 44.7 Å². The number of rotatable bonds is 6. The van der Waals surface area contributed by atoms with E-state index in [0.29, 0.717) is 6.54 Å². The van der Waals surface area contributed by atoms with E-state index in [2.05, 4.69) is 5.32 Å². The van der Waals surface area contributed by atoms with Crippen molar-refractivity contribution in [2.24, 2.45) is 0 Å². The second-order valence-electron chi connectivity index (χ2n) is 7.02. The first kappa shape index (κ1) is 18.9. The predicted octanol–water partition coefficient (Wildman–Crippen LogP) is 3.05. The van der Waals surface area contributed by atoms with E-state index in [-0.39, 0.29) is 18.5 Å². The Hall–Kier alpha value is -1.92. The van der Waals surface area contributed by atoms with Gasteiger partial charge in [0.25, 0.3) is 0 Å². The molecule has 6 heteroatoms. The summed E-state index contributed by atoms with van der Waals surface area (Å²) in [5.74, 6) is -0.256. The minimum absolute atomic E-state index is 0.0537. The molecule has 0 aliphatic heterocycles. The van der Waals surface area contributed by atoms with Gasteiger partial charge in [-0.1, -0.05) is 61.7 Å². The summed E-state index contributed by atoms with van der Waals surface area (Å²) < 4.78 is 25.7. The third kappa shape index (κ3) is 4.62. The van der Waals surface area contributed by atoms with Crippen LogP contribution in [0.3, 0.4) is 0 Å². The predicted molar refractivity (Wildman–Crippen MR) is 104 cm³/mol. The molecule has 1 fully saturated rings. The lowest BCUT2D eigenvalue weighted by Crippen LogP contribution is -2.46. The highest BCUT2D eigenvalue weighted by Crippen LogP contribution is 2.24. The van der Waals surface area contributed by atoms with Gasteiger partial charge in [-0.05, 0) is 29.2 Å². The smallest absolute Gasteiger partial charge is 0.235 e.